The number of aryl methyl sites for hydroxylation is 1. The Labute approximate surface area is 190 Å². The summed E-state index contributed by atoms with van der Waals surface area (Å²) in [7, 11) is 0. The van der Waals surface area contributed by atoms with Gasteiger partial charge in [0, 0.05) is 31.4 Å². The van der Waals surface area contributed by atoms with Crippen molar-refractivity contribution in [2.24, 2.45) is 5.92 Å². The van der Waals surface area contributed by atoms with Gasteiger partial charge in [-0.25, -0.2) is 8.78 Å². The molecule has 0 bridgehead atoms. The highest BCUT2D eigenvalue weighted by molar-refractivity contribution is 7.99. The number of hydrogen-bond donors (Lipinski definition) is 1. The fourth-order valence-electron chi connectivity index (χ4n) is 3.77. The zero-order valence-electron chi connectivity index (χ0n) is 17.8. The molecule has 2 heterocycles. The average Bonchev–Trinajstić information content (AvgIpc) is 3.41. The van der Waals surface area contributed by atoms with Crippen molar-refractivity contribution in [1.29, 1.82) is 0 Å². The maximum absolute atomic E-state index is 13.5. The van der Waals surface area contributed by atoms with Crippen LogP contribution < -0.4 is 10.2 Å². The first-order valence-electron chi connectivity index (χ1n) is 10.5. The summed E-state index contributed by atoms with van der Waals surface area (Å²) in [4.78, 5) is 14.4. The number of halogens is 2. The van der Waals surface area contributed by atoms with Crippen molar-refractivity contribution in [3.05, 3.63) is 71.6 Å². The van der Waals surface area contributed by atoms with E-state index in [9.17, 15) is 13.6 Å². The van der Waals surface area contributed by atoms with Gasteiger partial charge < -0.3 is 14.8 Å². The molecule has 4 rings (SSSR count). The number of rotatable bonds is 8. The van der Waals surface area contributed by atoms with Gasteiger partial charge in [0.2, 0.25) is 5.91 Å². The Hall–Kier alpha value is -2.94. The number of anilines is 1. The van der Waals surface area contributed by atoms with Gasteiger partial charge in [-0.2, -0.15) is 0 Å². The van der Waals surface area contributed by atoms with Crippen LogP contribution >= 0.6 is 11.8 Å². The standard InChI is InChI=1S/C23H25F2N5OS/c1-16-27-28-23(30(16)14-17-5-3-2-4-6-17)32-15-22(31)26-12-18-9-10-29(13-18)19-7-8-20(24)21(25)11-19/h2-8,11,18H,9-10,12-15H2,1H3,(H,26,31). The highest BCUT2D eigenvalue weighted by atomic mass is 32.2. The third-order valence-electron chi connectivity index (χ3n) is 5.56. The zero-order valence-corrected chi connectivity index (χ0v) is 18.6. The number of thioether (sulfide) groups is 1. The third-order valence-corrected chi connectivity index (χ3v) is 6.53. The highest BCUT2D eigenvalue weighted by Gasteiger charge is 2.24. The molecule has 0 spiro atoms. The molecule has 1 unspecified atom stereocenters. The van der Waals surface area contributed by atoms with Crippen molar-refractivity contribution in [2.45, 2.75) is 25.0 Å². The van der Waals surface area contributed by atoms with Crippen molar-refractivity contribution in [1.82, 2.24) is 20.1 Å². The van der Waals surface area contributed by atoms with Crippen LogP contribution in [0, 0.1) is 24.5 Å². The number of nitrogens with zero attached hydrogens (tertiary/aromatic N) is 4. The van der Waals surface area contributed by atoms with E-state index in [1.165, 1.54) is 17.8 Å². The monoisotopic (exact) mass is 457 g/mol. The van der Waals surface area contributed by atoms with Crippen LogP contribution in [0.1, 0.15) is 17.8 Å². The third kappa shape index (κ3) is 5.45. The molecule has 9 heteroatoms. The summed E-state index contributed by atoms with van der Waals surface area (Å²) in [6.07, 6.45) is 0.886. The van der Waals surface area contributed by atoms with Gasteiger partial charge in [0.25, 0.3) is 0 Å². The molecule has 1 fully saturated rings. The molecule has 6 nitrogen and oxygen atoms in total. The van der Waals surface area contributed by atoms with Gasteiger partial charge in [-0.05, 0) is 37.0 Å². The summed E-state index contributed by atoms with van der Waals surface area (Å²) in [5, 5.41) is 12.1. The summed E-state index contributed by atoms with van der Waals surface area (Å²) in [6, 6.07) is 14.0. The van der Waals surface area contributed by atoms with Crippen LogP contribution in [0.4, 0.5) is 14.5 Å². The summed E-state index contributed by atoms with van der Waals surface area (Å²) >= 11 is 1.37. The minimum absolute atomic E-state index is 0.0619. The van der Waals surface area contributed by atoms with Gasteiger partial charge in [0.15, 0.2) is 16.8 Å². The predicted octanol–water partition coefficient (Wildman–Crippen LogP) is 3.65. The Bertz CT molecular complexity index is 1080. The van der Waals surface area contributed by atoms with E-state index in [4.69, 9.17) is 0 Å². The Morgan fingerprint density at radius 3 is 2.75 bits per heavy atom. The number of benzene rings is 2. The SMILES string of the molecule is Cc1nnc(SCC(=O)NCC2CCN(c3ccc(F)c(F)c3)C2)n1Cc1ccccc1. The second-order valence-corrected chi connectivity index (χ2v) is 8.84. The van der Waals surface area contributed by atoms with Gasteiger partial charge in [-0.1, -0.05) is 42.1 Å². The number of carbonyl (C=O) groups is 1. The lowest BCUT2D eigenvalue weighted by molar-refractivity contribution is -0.118. The fourth-order valence-corrected chi connectivity index (χ4v) is 4.58. The van der Waals surface area contributed by atoms with Crippen LogP contribution in [0.5, 0.6) is 0 Å². The fraction of sp³-hybridized carbons (Fsp3) is 0.348. The topological polar surface area (TPSA) is 63.1 Å². The van der Waals surface area contributed by atoms with E-state index in [1.807, 2.05) is 46.7 Å². The number of nitrogens with one attached hydrogen (secondary N) is 1. The second kappa shape index (κ2) is 10.1. The van der Waals surface area contributed by atoms with E-state index in [0.29, 0.717) is 30.5 Å². The highest BCUT2D eigenvalue weighted by Crippen LogP contribution is 2.25. The molecule has 1 aliphatic heterocycles. The molecule has 0 radical (unpaired) electrons. The van der Waals surface area contributed by atoms with Crippen molar-refractivity contribution < 1.29 is 13.6 Å². The minimum Gasteiger partial charge on any atom is -0.371 e. The molecular weight excluding hydrogens is 432 g/mol. The van der Waals surface area contributed by atoms with Crippen LogP contribution in [-0.2, 0) is 11.3 Å². The molecule has 1 saturated heterocycles. The maximum Gasteiger partial charge on any atom is 0.230 e. The first-order chi connectivity index (χ1) is 15.5. The smallest absolute Gasteiger partial charge is 0.230 e. The van der Waals surface area contributed by atoms with Gasteiger partial charge in [-0.3, -0.25) is 4.79 Å². The van der Waals surface area contributed by atoms with E-state index < -0.39 is 11.6 Å². The lowest BCUT2D eigenvalue weighted by Gasteiger charge is -2.19. The van der Waals surface area contributed by atoms with Crippen molar-refractivity contribution in [3.63, 3.8) is 0 Å². The molecule has 1 atom stereocenters. The largest absolute Gasteiger partial charge is 0.371 e. The van der Waals surface area contributed by atoms with Crippen LogP contribution in [0.15, 0.2) is 53.7 Å². The maximum atomic E-state index is 13.5. The Kier molecular flexibility index (Phi) is 7.04. The van der Waals surface area contributed by atoms with Crippen LogP contribution in [0.25, 0.3) is 0 Å². The minimum atomic E-state index is -0.843. The molecule has 0 aliphatic carbocycles. The van der Waals surface area contributed by atoms with Crippen molar-refractivity contribution >= 4 is 23.4 Å². The summed E-state index contributed by atoms with van der Waals surface area (Å²) < 4.78 is 28.6. The molecule has 1 amide bonds. The van der Waals surface area contributed by atoms with Gasteiger partial charge in [-0.15, -0.1) is 10.2 Å². The Morgan fingerprint density at radius 2 is 1.97 bits per heavy atom. The number of amides is 1. The summed E-state index contributed by atoms with van der Waals surface area (Å²) in [5.41, 5.74) is 1.81. The molecular formula is C23H25F2N5OS. The first-order valence-corrected chi connectivity index (χ1v) is 11.5. The van der Waals surface area contributed by atoms with Crippen molar-refractivity contribution in [3.8, 4) is 0 Å². The molecule has 1 aromatic heterocycles. The van der Waals surface area contributed by atoms with E-state index in [2.05, 4.69) is 15.5 Å². The van der Waals surface area contributed by atoms with Gasteiger partial charge in [0.05, 0.1) is 12.3 Å². The normalized spacial score (nSPS) is 15.8. The Balaban J connectivity index is 1.24. The lowest BCUT2D eigenvalue weighted by atomic mass is 10.1. The van der Waals surface area contributed by atoms with Crippen molar-refractivity contribution in [2.75, 3.05) is 30.3 Å². The Morgan fingerprint density at radius 1 is 1.16 bits per heavy atom. The molecule has 1 aliphatic rings. The van der Waals surface area contributed by atoms with Crippen LogP contribution in [-0.4, -0.2) is 46.1 Å². The number of hydrogen-bond acceptors (Lipinski definition) is 5. The lowest BCUT2D eigenvalue weighted by Crippen LogP contribution is -2.32. The first kappa shape index (κ1) is 22.3. The molecule has 32 heavy (non-hydrogen) atoms. The molecule has 2 aromatic carbocycles. The molecule has 1 N–H and O–H groups in total. The van der Waals surface area contributed by atoms with Crippen LogP contribution in [0.3, 0.4) is 0 Å². The van der Waals surface area contributed by atoms with Crippen LogP contribution in [0.2, 0.25) is 0 Å². The zero-order chi connectivity index (χ0) is 22.5. The van der Waals surface area contributed by atoms with E-state index in [0.717, 1.165) is 30.4 Å². The molecule has 3 aromatic rings. The number of aromatic nitrogens is 3. The average molecular weight is 458 g/mol. The van der Waals surface area contributed by atoms with Gasteiger partial charge in [0.1, 0.15) is 5.82 Å². The van der Waals surface area contributed by atoms with E-state index in [-0.39, 0.29) is 17.6 Å². The number of carbonyl (C=O) groups excluding carboxylic acids is 1. The summed E-state index contributed by atoms with van der Waals surface area (Å²) in [6.45, 7) is 4.56. The van der Waals surface area contributed by atoms with E-state index in [1.54, 1.807) is 6.07 Å². The molecule has 0 saturated carbocycles. The summed E-state index contributed by atoms with van der Waals surface area (Å²) in [5.74, 6) is -0.419. The quantitative estimate of drug-likeness (QED) is 0.523. The van der Waals surface area contributed by atoms with Gasteiger partial charge >= 0.3 is 0 Å². The second-order valence-electron chi connectivity index (χ2n) is 7.89. The predicted molar refractivity (Wildman–Crippen MR) is 121 cm³/mol. The molecule has 168 valence electrons. The van der Waals surface area contributed by atoms with E-state index >= 15 is 0 Å².